The van der Waals surface area contributed by atoms with Crippen molar-refractivity contribution in [1.29, 1.82) is 0 Å². The number of hydrogen-bond acceptors (Lipinski definition) is 3. The number of benzene rings is 1. The smallest absolute Gasteiger partial charge is 0.296 e. The second-order valence-electron chi connectivity index (χ2n) is 3.14. The van der Waals surface area contributed by atoms with Gasteiger partial charge in [0.25, 0.3) is 10.2 Å². The van der Waals surface area contributed by atoms with Crippen molar-refractivity contribution < 1.29 is 13.2 Å². The third-order valence-corrected chi connectivity index (χ3v) is 2.47. The lowest BCUT2D eigenvalue weighted by Crippen LogP contribution is -2.21. The zero-order chi connectivity index (χ0) is 12.2. The number of nitrogens with one attached hydrogen (secondary N) is 1. The highest BCUT2D eigenvalue weighted by Crippen LogP contribution is 2.27. The number of anilines is 1. The van der Waals surface area contributed by atoms with Crippen LogP contribution in [0.25, 0.3) is 0 Å². The first-order valence-electron chi connectivity index (χ1n) is 4.65. The van der Waals surface area contributed by atoms with E-state index >= 15 is 0 Å². The summed E-state index contributed by atoms with van der Waals surface area (Å²) >= 11 is 5.89. The molecule has 0 spiro atoms. The molecule has 0 heterocycles. The first-order valence-corrected chi connectivity index (χ1v) is 6.57. The van der Waals surface area contributed by atoms with Crippen molar-refractivity contribution in [3.63, 3.8) is 0 Å². The fraction of sp³-hybridized carbons (Fsp3) is 0.333. The second kappa shape index (κ2) is 5.38. The van der Waals surface area contributed by atoms with Gasteiger partial charge in [-0.3, -0.25) is 4.72 Å². The first kappa shape index (κ1) is 13.1. The Morgan fingerprint density at radius 3 is 2.69 bits per heavy atom. The topological polar surface area (TPSA) is 81.4 Å². The molecule has 0 aliphatic rings. The normalized spacial score (nSPS) is 11.2. The maximum Gasteiger partial charge on any atom is 0.296 e. The minimum atomic E-state index is -3.77. The Kier molecular flexibility index (Phi) is 4.40. The minimum Gasteiger partial charge on any atom is -0.492 e. The number of hydrogen-bond donors (Lipinski definition) is 2. The molecular weight excluding hydrogens is 252 g/mol. The lowest BCUT2D eigenvalue weighted by Gasteiger charge is -2.09. The molecule has 7 heteroatoms. The van der Waals surface area contributed by atoms with E-state index < -0.39 is 10.2 Å². The van der Waals surface area contributed by atoms with Crippen LogP contribution in [0, 0.1) is 0 Å². The second-order valence-corrected chi connectivity index (χ2v) is 4.84. The number of nitrogens with two attached hydrogens (primary N) is 1. The average Bonchev–Trinajstić information content (AvgIpc) is 2.14. The number of ether oxygens (including phenoxy) is 1. The summed E-state index contributed by atoms with van der Waals surface area (Å²) in [6, 6.07) is 4.56. The van der Waals surface area contributed by atoms with Crippen LogP contribution in [0.4, 0.5) is 5.69 Å². The minimum absolute atomic E-state index is 0.302. The van der Waals surface area contributed by atoms with Crippen LogP contribution in [0.15, 0.2) is 18.2 Å². The third kappa shape index (κ3) is 4.26. The molecule has 0 amide bonds. The van der Waals surface area contributed by atoms with Gasteiger partial charge in [0.05, 0.1) is 17.3 Å². The van der Waals surface area contributed by atoms with E-state index in [1.807, 2.05) is 6.92 Å². The summed E-state index contributed by atoms with van der Waals surface area (Å²) in [4.78, 5) is 0. The Morgan fingerprint density at radius 2 is 2.19 bits per heavy atom. The molecule has 16 heavy (non-hydrogen) atoms. The summed E-state index contributed by atoms with van der Waals surface area (Å²) in [5.74, 6) is 0.517. The molecule has 1 aromatic carbocycles. The van der Waals surface area contributed by atoms with Gasteiger partial charge in [-0.2, -0.15) is 8.42 Å². The SMILES string of the molecule is CCCOc1ccc(NS(N)(=O)=O)cc1Cl. The van der Waals surface area contributed by atoms with Gasteiger partial charge >= 0.3 is 0 Å². The average molecular weight is 265 g/mol. The van der Waals surface area contributed by atoms with Crippen LogP contribution >= 0.6 is 11.6 Å². The van der Waals surface area contributed by atoms with Crippen LogP contribution in [0.1, 0.15) is 13.3 Å². The van der Waals surface area contributed by atoms with Crippen LogP contribution in [-0.2, 0) is 10.2 Å². The molecule has 5 nitrogen and oxygen atoms in total. The Bertz CT molecular complexity index is 462. The van der Waals surface area contributed by atoms with Crippen molar-refractivity contribution in [2.45, 2.75) is 13.3 Å². The number of halogens is 1. The van der Waals surface area contributed by atoms with Gasteiger partial charge < -0.3 is 4.74 Å². The molecular formula is C9H13ClN2O3S. The van der Waals surface area contributed by atoms with Gasteiger partial charge in [0.15, 0.2) is 0 Å². The molecule has 90 valence electrons. The van der Waals surface area contributed by atoms with Crippen LogP contribution in [0.2, 0.25) is 5.02 Å². The molecule has 0 unspecified atom stereocenters. The molecule has 0 aliphatic heterocycles. The Balaban J connectivity index is 2.82. The molecule has 0 aliphatic carbocycles. The van der Waals surface area contributed by atoms with Crippen molar-refractivity contribution >= 4 is 27.5 Å². The lowest BCUT2D eigenvalue weighted by molar-refractivity contribution is 0.317. The van der Waals surface area contributed by atoms with E-state index in [-0.39, 0.29) is 0 Å². The largest absolute Gasteiger partial charge is 0.492 e. The summed E-state index contributed by atoms with van der Waals surface area (Å²) in [7, 11) is -3.77. The quantitative estimate of drug-likeness (QED) is 0.850. The summed E-state index contributed by atoms with van der Waals surface area (Å²) in [6.45, 7) is 2.53. The molecule has 0 saturated heterocycles. The van der Waals surface area contributed by atoms with E-state index in [2.05, 4.69) is 4.72 Å². The number of rotatable bonds is 5. The Hall–Kier alpha value is -0.980. The maximum atomic E-state index is 10.8. The monoisotopic (exact) mass is 264 g/mol. The van der Waals surface area contributed by atoms with E-state index in [1.54, 1.807) is 6.07 Å². The zero-order valence-electron chi connectivity index (χ0n) is 8.73. The van der Waals surface area contributed by atoms with Gasteiger partial charge in [-0.25, -0.2) is 5.14 Å². The van der Waals surface area contributed by atoms with Crippen molar-refractivity contribution in [3.05, 3.63) is 23.2 Å². The van der Waals surface area contributed by atoms with E-state index in [1.165, 1.54) is 12.1 Å². The summed E-state index contributed by atoms with van der Waals surface area (Å²) < 4.78 is 29.0. The zero-order valence-corrected chi connectivity index (χ0v) is 10.3. The van der Waals surface area contributed by atoms with Gasteiger partial charge in [0.1, 0.15) is 5.75 Å². The van der Waals surface area contributed by atoms with Gasteiger partial charge in [-0.1, -0.05) is 18.5 Å². The van der Waals surface area contributed by atoms with Crippen molar-refractivity contribution in [1.82, 2.24) is 0 Å². The molecule has 0 saturated carbocycles. The highest BCUT2D eigenvalue weighted by Gasteiger charge is 2.06. The highest BCUT2D eigenvalue weighted by atomic mass is 35.5. The van der Waals surface area contributed by atoms with E-state index in [9.17, 15) is 8.42 Å². The summed E-state index contributed by atoms with van der Waals surface area (Å²) in [6.07, 6.45) is 0.869. The fourth-order valence-corrected chi connectivity index (χ4v) is 1.75. The van der Waals surface area contributed by atoms with Gasteiger partial charge in [0, 0.05) is 0 Å². The molecule has 0 radical (unpaired) electrons. The summed E-state index contributed by atoms with van der Waals surface area (Å²) in [5.41, 5.74) is 0.302. The molecule has 3 N–H and O–H groups in total. The molecule has 0 atom stereocenters. The molecule has 0 aromatic heterocycles. The highest BCUT2D eigenvalue weighted by molar-refractivity contribution is 7.90. The predicted octanol–water partition coefficient (Wildman–Crippen LogP) is 1.74. The molecule has 1 aromatic rings. The fourth-order valence-electron chi connectivity index (χ4n) is 1.06. The maximum absolute atomic E-state index is 10.8. The van der Waals surface area contributed by atoms with Gasteiger partial charge in [-0.05, 0) is 24.6 Å². The van der Waals surface area contributed by atoms with Crippen LogP contribution in [0.5, 0.6) is 5.75 Å². The Labute approximate surface area is 99.7 Å². The molecule has 0 fully saturated rings. The Morgan fingerprint density at radius 1 is 1.50 bits per heavy atom. The van der Waals surface area contributed by atoms with E-state index in [4.69, 9.17) is 21.5 Å². The standard InChI is InChI=1S/C9H13ClN2O3S/c1-2-5-15-9-4-3-7(6-8(9)10)12-16(11,13)14/h3-4,6,12H,2,5H2,1H3,(H2,11,13,14). The van der Waals surface area contributed by atoms with Crippen molar-refractivity contribution in [3.8, 4) is 5.75 Å². The molecule has 1 rings (SSSR count). The van der Waals surface area contributed by atoms with E-state index in [0.717, 1.165) is 6.42 Å². The van der Waals surface area contributed by atoms with Crippen molar-refractivity contribution in [2.75, 3.05) is 11.3 Å². The van der Waals surface area contributed by atoms with Crippen LogP contribution in [-0.4, -0.2) is 15.0 Å². The van der Waals surface area contributed by atoms with Gasteiger partial charge in [0.2, 0.25) is 0 Å². The van der Waals surface area contributed by atoms with Crippen LogP contribution in [0.3, 0.4) is 0 Å². The van der Waals surface area contributed by atoms with E-state index in [0.29, 0.717) is 23.1 Å². The first-order chi connectivity index (χ1) is 7.42. The lowest BCUT2D eigenvalue weighted by atomic mass is 10.3. The third-order valence-electron chi connectivity index (χ3n) is 1.65. The molecule has 0 bridgehead atoms. The van der Waals surface area contributed by atoms with Crippen LogP contribution < -0.4 is 14.6 Å². The van der Waals surface area contributed by atoms with Crippen molar-refractivity contribution in [2.24, 2.45) is 5.14 Å². The summed E-state index contributed by atoms with van der Waals surface area (Å²) in [5, 5.41) is 5.16. The van der Waals surface area contributed by atoms with Gasteiger partial charge in [-0.15, -0.1) is 0 Å². The predicted molar refractivity (Wildman–Crippen MR) is 64.0 cm³/mol.